The van der Waals surface area contributed by atoms with Crippen LogP contribution in [0.5, 0.6) is 0 Å². The third kappa shape index (κ3) is 3.49. The fraction of sp³-hybridized carbons (Fsp3) is 0.684. The third-order valence-electron chi connectivity index (χ3n) is 5.22. The lowest BCUT2D eigenvalue weighted by molar-refractivity contribution is -0.100. The van der Waals surface area contributed by atoms with Crippen molar-refractivity contribution >= 4 is 0 Å². The molecule has 0 bridgehead atoms. The highest BCUT2D eigenvalue weighted by Crippen LogP contribution is 2.47. The number of ether oxygens (including phenoxy) is 1. The first-order valence-corrected chi connectivity index (χ1v) is 8.26. The van der Waals surface area contributed by atoms with Crippen molar-refractivity contribution in [2.24, 2.45) is 11.1 Å². The number of benzene rings is 1. The Balaban J connectivity index is 2.31. The molecule has 1 fully saturated rings. The molecule has 1 unspecified atom stereocenters. The summed E-state index contributed by atoms with van der Waals surface area (Å²) in [5.41, 5.74) is 10.8. The van der Waals surface area contributed by atoms with E-state index in [0.29, 0.717) is 5.41 Å². The van der Waals surface area contributed by atoms with Crippen molar-refractivity contribution < 1.29 is 4.74 Å². The van der Waals surface area contributed by atoms with Crippen molar-refractivity contribution in [1.29, 1.82) is 0 Å². The molecule has 2 rings (SSSR count). The number of aryl methyl sites for hydroxylation is 2. The molecule has 1 aliphatic rings. The van der Waals surface area contributed by atoms with E-state index in [2.05, 4.69) is 52.8 Å². The van der Waals surface area contributed by atoms with Gasteiger partial charge in [-0.2, -0.15) is 0 Å². The molecule has 1 atom stereocenters. The highest BCUT2D eigenvalue weighted by Gasteiger charge is 2.44. The molecule has 0 amide bonds. The predicted molar refractivity (Wildman–Crippen MR) is 89.5 cm³/mol. The van der Waals surface area contributed by atoms with E-state index in [1.54, 1.807) is 0 Å². The molecule has 0 spiro atoms. The van der Waals surface area contributed by atoms with Crippen LogP contribution in [0.3, 0.4) is 0 Å². The van der Waals surface area contributed by atoms with Crippen LogP contribution >= 0.6 is 0 Å². The van der Waals surface area contributed by atoms with Gasteiger partial charge in [0.1, 0.15) is 0 Å². The van der Waals surface area contributed by atoms with E-state index in [-0.39, 0.29) is 11.6 Å². The predicted octanol–water partition coefficient (Wildman–Crippen LogP) is 4.68. The van der Waals surface area contributed by atoms with Gasteiger partial charge < -0.3 is 10.5 Å². The Morgan fingerprint density at radius 1 is 1.14 bits per heavy atom. The molecule has 2 heteroatoms. The Bertz CT molecular complexity index is 482. The second-order valence-corrected chi connectivity index (χ2v) is 7.50. The van der Waals surface area contributed by atoms with E-state index in [1.165, 1.54) is 29.5 Å². The van der Waals surface area contributed by atoms with Crippen LogP contribution in [-0.4, -0.2) is 12.2 Å². The van der Waals surface area contributed by atoms with E-state index in [9.17, 15) is 0 Å². The minimum atomic E-state index is -0.192. The molecule has 1 saturated carbocycles. The second kappa shape index (κ2) is 6.10. The van der Waals surface area contributed by atoms with E-state index in [4.69, 9.17) is 10.5 Å². The lowest BCUT2D eigenvalue weighted by atomic mass is 9.67. The first kappa shape index (κ1) is 16.5. The van der Waals surface area contributed by atoms with Crippen LogP contribution in [0.1, 0.15) is 69.2 Å². The summed E-state index contributed by atoms with van der Waals surface area (Å²) in [5.74, 6) is 0. The summed E-state index contributed by atoms with van der Waals surface area (Å²) in [6, 6.07) is 6.54. The SMILES string of the molecule is CCOC1(C(N)c2cc(C)ccc2C)CCC(C)(C)CC1. The van der Waals surface area contributed by atoms with Gasteiger partial charge in [-0.05, 0) is 63.0 Å². The molecule has 1 aromatic carbocycles. The van der Waals surface area contributed by atoms with Crippen molar-refractivity contribution in [3.8, 4) is 0 Å². The number of hydrogen-bond donors (Lipinski definition) is 1. The van der Waals surface area contributed by atoms with Crippen molar-refractivity contribution in [3.63, 3.8) is 0 Å². The van der Waals surface area contributed by atoms with Gasteiger partial charge in [0.2, 0.25) is 0 Å². The topological polar surface area (TPSA) is 35.2 Å². The normalized spacial score (nSPS) is 22.0. The highest BCUT2D eigenvalue weighted by molar-refractivity contribution is 5.34. The fourth-order valence-corrected chi connectivity index (χ4v) is 3.56. The molecule has 2 N–H and O–H groups in total. The van der Waals surface area contributed by atoms with Crippen LogP contribution in [0.15, 0.2) is 18.2 Å². The molecule has 0 aromatic heterocycles. The van der Waals surface area contributed by atoms with Crippen LogP contribution in [0.4, 0.5) is 0 Å². The first-order valence-electron chi connectivity index (χ1n) is 8.26. The largest absolute Gasteiger partial charge is 0.373 e. The number of nitrogens with two attached hydrogens (primary N) is 1. The molecule has 1 aromatic rings. The minimum absolute atomic E-state index is 0.0338. The summed E-state index contributed by atoms with van der Waals surface area (Å²) in [6.07, 6.45) is 4.49. The molecule has 0 radical (unpaired) electrons. The Morgan fingerprint density at radius 2 is 1.76 bits per heavy atom. The molecule has 118 valence electrons. The molecular weight excluding hydrogens is 258 g/mol. The number of hydrogen-bond acceptors (Lipinski definition) is 2. The maximum Gasteiger partial charge on any atom is 0.0874 e. The highest BCUT2D eigenvalue weighted by atomic mass is 16.5. The summed E-state index contributed by atoms with van der Waals surface area (Å²) < 4.78 is 6.25. The Kier molecular flexibility index (Phi) is 4.79. The third-order valence-corrected chi connectivity index (χ3v) is 5.22. The van der Waals surface area contributed by atoms with Crippen molar-refractivity contribution in [2.45, 2.75) is 71.9 Å². The van der Waals surface area contributed by atoms with E-state index < -0.39 is 0 Å². The quantitative estimate of drug-likeness (QED) is 0.873. The zero-order chi connectivity index (χ0) is 15.7. The molecule has 0 aliphatic heterocycles. The van der Waals surface area contributed by atoms with E-state index >= 15 is 0 Å². The standard InChI is InChI=1S/C19H31NO/c1-6-21-19(11-9-18(4,5)10-12-19)17(20)16-13-14(2)7-8-15(16)3/h7-8,13,17H,6,9-12,20H2,1-5H3. The maximum atomic E-state index is 6.72. The average molecular weight is 289 g/mol. The van der Waals surface area contributed by atoms with Gasteiger partial charge in [0.15, 0.2) is 0 Å². The summed E-state index contributed by atoms with van der Waals surface area (Å²) in [7, 11) is 0. The minimum Gasteiger partial charge on any atom is -0.373 e. The van der Waals surface area contributed by atoms with Gasteiger partial charge in [0.05, 0.1) is 11.6 Å². The molecule has 0 saturated heterocycles. The Morgan fingerprint density at radius 3 is 2.33 bits per heavy atom. The van der Waals surface area contributed by atoms with Gasteiger partial charge >= 0.3 is 0 Å². The molecule has 21 heavy (non-hydrogen) atoms. The van der Waals surface area contributed by atoms with Crippen LogP contribution in [0.25, 0.3) is 0 Å². The van der Waals surface area contributed by atoms with Gasteiger partial charge in [-0.15, -0.1) is 0 Å². The lowest BCUT2D eigenvalue weighted by Crippen LogP contribution is -2.48. The molecular formula is C19H31NO. The monoisotopic (exact) mass is 289 g/mol. The summed E-state index contributed by atoms with van der Waals surface area (Å²) in [4.78, 5) is 0. The van der Waals surface area contributed by atoms with Crippen LogP contribution in [0.2, 0.25) is 0 Å². The summed E-state index contributed by atoms with van der Waals surface area (Å²) in [6.45, 7) is 11.8. The van der Waals surface area contributed by atoms with Gasteiger partial charge in [-0.3, -0.25) is 0 Å². The second-order valence-electron chi connectivity index (χ2n) is 7.50. The van der Waals surface area contributed by atoms with E-state index in [0.717, 1.165) is 19.4 Å². The fourth-order valence-electron chi connectivity index (χ4n) is 3.56. The van der Waals surface area contributed by atoms with E-state index in [1.807, 2.05) is 0 Å². The number of rotatable bonds is 4. The summed E-state index contributed by atoms with van der Waals surface area (Å²) >= 11 is 0. The molecule has 2 nitrogen and oxygen atoms in total. The van der Waals surface area contributed by atoms with Crippen molar-refractivity contribution in [1.82, 2.24) is 0 Å². The van der Waals surface area contributed by atoms with Crippen LogP contribution in [0, 0.1) is 19.3 Å². The average Bonchev–Trinajstić information content (AvgIpc) is 2.44. The Labute approximate surface area is 130 Å². The zero-order valence-electron chi connectivity index (χ0n) is 14.3. The van der Waals surface area contributed by atoms with Gasteiger partial charge in [-0.1, -0.05) is 37.6 Å². The van der Waals surface area contributed by atoms with Crippen molar-refractivity contribution in [3.05, 3.63) is 34.9 Å². The Hall–Kier alpha value is -0.860. The van der Waals surface area contributed by atoms with Gasteiger partial charge in [0, 0.05) is 6.61 Å². The maximum absolute atomic E-state index is 6.72. The smallest absolute Gasteiger partial charge is 0.0874 e. The van der Waals surface area contributed by atoms with Crippen molar-refractivity contribution in [2.75, 3.05) is 6.61 Å². The van der Waals surface area contributed by atoms with Gasteiger partial charge in [-0.25, -0.2) is 0 Å². The van der Waals surface area contributed by atoms with Crippen LogP contribution in [-0.2, 0) is 4.74 Å². The van der Waals surface area contributed by atoms with Crippen LogP contribution < -0.4 is 5.73 Å². The molecule has 1 aliphatic carbocycles. The lowest BCUT2D eigenvalue weighted by Gasteiger charge is -2.47. The molecule has 0 heterocycles. The summed E-state index contributed by atoms with van der Waals surface area (Å²) in [5, 5.41) is 0. The van der Waals surface area contributed by atoms with Gasteiger partial charge in [0.25, 0.3) is 0 Å². The zero-order valence-corrected chi connectivity index (χ0v) is 14.3. The first-order chi connectivity index (χ1) is 9.80.